The third-order valence-corrected chi connectivity index (χ3v) is 5.44. The maximum Gasteiger partial charge on any atom is 0.313 e. The summed E-state index contributed by atoms with van der Waals surface area (Å²) in [7, 11) is 0. The van der Waals surface area contributed by atoms with Crippen LogP contribution in [0.25, 0.3) is 0 Å². The Kier molecular flexibility index (Phi) is 5.91. The van der Waals surface area contributed by atoms with Crippen molar-refractivity contribution in [3.05, 3.63) is 29.0 Å². The van der Waals surface area contributed by atoms with E-state index < -0.39 is 17.6 Å². The summed E-state index contributed by atoms with van der Waals surface area (Å²) < 4.78 is 13.4. The van der Waals surface area contributed by atoms with Crippen LogP contribution in [0, 0.1) is 11.7 Å². The van der Waals surface area contributed by atoms with Crippen LogP contribution in [0.3, 0.4) is 0 Å². The van der Waals surface area contributed by atoms with E-state index in [4.69, 9.17) is 11.6 Å². The van der Waals surface area contributed by atoms with Crippen LogP contribution >= 0.6 is 11.6 Å². The number of fused-ring (bicyclic) bond motifs is 1. The Morgan fingerprint density at radius 2 is 1.96 bits per heavy atom. The average molecular weight is 368 g/mol. The molecule has 2 N–H and O–H groups in total. The zero-order valence-electron chi connectivity index (χ0n) is 14.1. The first kappa shape index (κ1) is 18.1. The number of rotatable bonds is 3. The third kappa shape index (κ3) is 4.50. The molecule has 1 unspecified atom stereocenters. The number of nitrogens with zero attached hydrogens (tertiary/aromatic N) is 1. The number of piperidine rings is 2. The van der Waals surface area contributed by atoms with Crippen LogP contribution in [0.1, 0.15) is 32.1 Å². The minimum atomic E-state index is -0.793. The van der Waals surface area contributed by atoms with E-state index in [0.29, 0.717) is 18.5 Å². The molecule has 5 nitrogen and oxygen atoms in total. The van der Waals surface area contributed by atoms with Crippen molar-refractivity contribution in [1.82, 2.24) is 10.2 Å². The van der Waals surface area contributed by atoms with E-state index in [1.165, 1.54) is 25.0 Å². The molecule has 0 radical (unpaired) electrons. The highest BCUT2D eigenvalue weighted by Crippen LogP contribution is 2.30. The molecule has 1 aromatic rings. The number of benzene rings is 1. The molecule has 0 spiro atoms. The maximum atomic E-state index is 13.4. The van der Waals surface area contributed by atoms with Crippen LogP contribution < -0.4 is 10.6 Å². The van der Waals surface area contributed by atoms with Crippen LogP contribution in [0.15, 0.2) is 18.2 Å². The second-order valence-electron chi connectivity index (χ2n) is 6.79. The van der Waals surface area contributed by atoms with Gasteiger partial charge in [-0.05, 0) is 62.9 Å². The Labute approximate surface area is 151 Å². The number of hydrogen-bond donors (Lipinski definition) is 2. The van der Waals surface area contributed by atoms with Gasteiger partial charge in [-0.15, -0.1) is 0 Å². The first-order valence-electron chi connectivity index (χ1n) is 8.83. The van der Waals surface area contributed by atoms with Crippen molar-refractivity contribution in [2.45, 2.75) is 38.1 Å². The molecule has 25 heavy (non-hydrogen) atoms. The van der Waals surface area contributed by atoms with Gasteiger partial charge in [0, 0.05) is 18.3 Å². The van der Waals surface area contributed by atoms with Crippen molar-refractivity contribution in [2.75, 3.05) is 25.0 Å². The summed E-state index contributed by atoms with van der Waals surface area (Å²) in [5, 5.41) is 5.10. The van der Waals surface area contributed by atoms with Gasteiger partial charge in [0.25, 0.3) is 0 Å². The van der Waals surface area contributed by atoms with Crippen molar-refractivity contribution in [3.63, 3.8) is 0 Å². The lowest BCUT2D eigenvalue weighted by Gasteiger charge is -2.44. The molecule has 1 aromatic carbocycles. The van der Waals surface area contributed by atoms with Gasteiger partial charge in [0.2, 0.25) is 0 Å². The van der Waals surface area contributed by atoms with Gasteiger partial charge in [0.1, 0.15) is 5.82 Å². The summed E-state index contributed by atoms with van der Waals surface area (Å²) in [6.07, 6.45) is 5.85. The molecule has 2 aliphatic rings. The highest BCUT2D eigenvalue weighted by Gasteiger charge is 2.33. The van der Waals surface area contributed by atoms with E-state index in [1.807, 2.05) is 0 Å². The molecule has 2 aliphatic heterocycles. The largest absolute Gasteiger partial charge is 0.347 e. The van der Waals surface area contributed by atoms with Gasteiger partial charge in [-0.1, -0.05) is 18.0 Å². The van der Waals surface area contributed by atoms with Gasteiger partial charge in [-0.25, -0.2) is 4.39 Å². The lowest BCUT2D eigenvalue weighted by molar-refractivity contribution is -0.136. The van der Waals surface area contributed by atoms with Gasteiger partial charge in [0.15, 0.2) is 0 Å². The third-order valence-electron chi connectivity index (χ3n) is 5.14. The molecular weight excluding hydrogens is 345 g/mol. The fraction of sp³-hybridized carbons (Fsp3) is 0.556. The standard InChI is InChI=1S/C18H23ClFN3O2/c19-14-7-6-13(10-15(14)20)22-18(25)17(24)21-11-12-4-3-9-23-8-2-1-5-16(12)23/h6-7,10,12,16H,1-5,8-9,11H2,(H,21,24)(H,22,25)/t12-,16?/m0/s1. The number of hydrogen-bond acceptors (Lipinski definition) is 3. The van der Waals surface area contributed by atoms with Crippen LogP contribution in [0.2, 0.25) is 5.02 Å². The molecule has 2 fully saturated rings. The Morgan fingerprint density at radius 1 is 1.16 bits per heavy atom. The van der Waals surface area contributed by atoms with Crippen molar-refractivity contribution >= 4 is 29.1 Å². The zero-order valence-corrected chi connectivity index (χ0v) is 14.8. The lowest BCUT2D eigenvalue weighted by Crippen LogP contribution is -2.51. The van der Waals surface area contributed by atoms with E-state index in [0.717, 1.165) is 38.4 Å². The SMILES string of the molecule is O=C(NC[C@@H]1CCCN2CCCCC12)C(=O)Nc1ccc(Cl)c(F)c1. The molecule has 136 valence electrons. The summed E-state index contributed by atoms with van der Waals surface area (Å²) in [5.74, 6) is -1.74. The predicted molar refractivity (Wildman–Crippen MR) is 95.0 cm³/mol. The molecule has 2 amide bonds. The number of amides is 2. The monoisotopic (exact) mass is 367 g/mol. The van der Waals surface area contributed by atoms with Gasteiger partial charge < -0.3 is 15.5 Å². The van der Waals surface area contributed by atoms with E-state index >= 15 is 0 Å². The quantitative estimate of drug-likeness (QED) is 0.807. The molecule has 2 atom stereocenters. The highest BCUT2D eigenvalue weighted by molar-refractivity contribution is 6.39. The topological polar surface area (TPSA) is 61.4 Å². The maximum absolute atomic E-state index is 13.4. The van der Waals surface area contributed by atoms with Crippen molar-refractivity contribution in [1.29, 1.82) is 0 Å². The number of carbonyl (C=O) groups excluding carboxylic acids is 2. The smallest absolute Gasteiger partial charge is 0.313 e. The van der Waals surface area contributed by atoms with E-state index in [9.17, 15) is 14.0 Å². The Balaban J connectivity index is 1.51. The second kappa shape index (κ2) is 8.15. The van der Waals surface area contributed by atoms with E-state index in [2.05, 4.69) is 15.5 Å². The average Bonchev–Trinajstić information content (AvgIpc) is 2.62. The molecule has 3 rings (SSSR count). The minimum Gasteiger partial charge on any atom is -0.347 e. The van der Waals surface area contributed by atoms with Gasteiger partial charge >= 0.3 is 11.8 Å². The minimum absolute atomic E-state index is 0.0308. The number of nitrogens with one attached hydrogen (secondary N) is 2. The lowest BCUT2D eigenvalue weighted by atomic mass is 9.83. The first-order valence-corrected chi connectivity index (χ1v) is 9.20. The molecule has 2 saturated heterocycles. The van der Waals surface area contributed by atoms with Crippen molar-refractivity contribution < 1.29 is 14.0 Å². The number of carbonyl (C=O) groups is 2. The van der Waals surface area contributed by atoms with Crippen molar-refractivity contribution in [3.8, 4) is 0 Å². The van der Waals surface area contributed by atoms with Crippen LogP contribution in [-0.4, -0.2) is 42.4 Å². The summed E-state index contributed by atoms with van der Waals surface area (Å²) in [5.41, 5.74) is 0.207. The molecule has 2 heterocycles. The normalized spacial score (nSPS) is 23.6. The van der Waals surface area contributed by atoms with Crippen molar-refractivity contribution in [2.24, 2.45) is 5.92 Å². The summed E-state index contributed by atoms with van der Waals surface area (Å²) in [6.45, 7) is 2.78. The molecule has 0 bridgehead atoms. The highest BCUT2D eigenvalue weighted by atomic mass is 35.5. The van der Waals surface area contributed by atoms with Gasteiger partial charge in [0.05, 0.1) is 5.02 Å². The number of anilines is 1. The summed E-state index contributed by atoms with van der Waals surface area (Å²) >= 11 is 5.60. The first-order chi connectivity index (χ1) is 12.0. The Morgan fingerprint density at radius 3 is 2.76 bits per heavy atom. The Hall–Kier alpha value is -1.66. The molecular formula is C18H23ClFN3O2. The summed E-state index contributed by atoms with van der Waals surface area (Å²) in [4.78, 5) is 26.5. The number of halogens is 2. The zero-order chi connectivity index (χ0) is 17.8. The fourth-order valence-electron chi connectivity index (χ4n) is 3.88. The van der Waals surface area contributed by atoms with Crippen LogP contribution in [0.5, 0.6) is 0 Å². The van der Waals surface area contributed by atoms with Gasteiger partial charge in [-0.3, -0.25) is 9.59 Å². The molecule has 0 aliphatic carbocycles. The van der Waals surface area contributed by atoms with Gasteiger partial charge in [-0.2, -0.15) is 0 Å². The van der Waals surface area contributed by atoms with E-state index in [1.54, 1.807) is 0 Å². The predicted octanol–water partition coefficient (Wildman–Crippen LogP) is 2.80. The summed E-state index contributed by atoms with van der Waals surface area (Å²) in [6, 6.07) is 4.40. The molecule has 0 aromatic heterocycles. The molecule has 0 saturated carbocycles. The fourth-order valence-corrected chi connectivity index (χ4v) is 4.00. The van der Waals surface area contributed by atoms with Crippen LogP contribution in [-0.2, 0) is 9.59 Å². The second-order valence-corrected chi connectivity index (χ2v) is 7.20. The van der Waals surface area contributed by atoms with Crippen LogP contribution in [0.4, 0.5) is 10.1 Å². The molecule has 7 heteroatoms. The van der Waals surface area contributed by atoms with E-state index in [-0.39, 0.29) is 10.7 Å². The Bertz CT molecular complexity index is 653.